The number of anilines is 1. The molecule has 0 aliphatic heterocycles. The van der Waals surface area contributed by atoms with Gasteiger partial charge in [0.2, 0.25) is 11.8 Å². The van der Waals surface area contributed by atoms with Crippen molar-refractivity contribution >= 4 is 27.5 Å². The molecule has 1 atom stereocenters. The van der Waals surface area contributed by atoms with Crippen LogP contribution in [-0.4, -0.2) is 43.3 Å². The number of aryl methyl sites for hydroxylation is 1. The molecule has 2 amide bonds. The van der Waals surface area contributed by atoms with Gasteiger partial charge in [-0.3, -0.25) is 13.9 Å². The van der Waals surface area contributed by atoms with Gasteiger partial charge in [0, 0.05) is 12.1 Å². The lowest BCUT2D eigenvalue weighted by Gasteiger charge is -2.33. The number of para-hydroxylation sites is 1. The first-order chi connectivity index (χ1) is 20.8. The number of benzene rings is 4. The van der Waals surface area contributed by atoms with Crippen LogP contribution in [0, 0.1) is 6.92 Å². The fourth-order valence-electron chi connectivity index (χ4n) is 4.50. The van der Waals surface area contributed by atoms with E-state index in [2.05, 4.69) is 5.32 Å². The van der Waals surface area contributed by atoms with Gasteiger partial charge in [-0.15, -0.1) is 0 Å². The molecule has 0 radical (unpaired) electrons. The molecule has 0 heterocycles. The highest BCUT2D eigenvalue weighted by atomic mass is 32.2. The summed E-state index contributed by atoms with van der Waals surface area (Å²) in [6, 6.07) is 30.5. The Kier molecular flexibility index (Phi) is 10.1. The average molecular weight is 614 g/mol. The van der Waals surface area contributed by atoms with E-state index in [0.29, 0.717) is 11.5 Å². The molecule has 8 nitrogen and oxygen atoms in total. The third-order valence-electron chi connectivity index (χ3n) is 6.85. The molecule has 0 bridgehead atoms. The molecule has 4 aromatic rings. The molecule has 230 valence electrons. The van der Waals surface area contributed by atoms with Crippen LogP contribution in [0.3, 0.4) is 0 Å². The van der Waals surface area contributed by atoms with Crippen molar-refractivity contribution < 1.29 is 22.7 Å². The van der Waals surface area contributed by atoms with Crippen LogP contribution in [0.15, 0.2) is 114 Å². The number of rotatable bonds is 11. The van der Waals surface area contributed by atoms with E-state index < -0.39 is 34.1 Å². The van der Waals surface area contributed by atoms with Crippen LogP contribution in [-0.2, 0) is 26.2 Å². The number of ether oxygens (including phenoxy) is 1. The lowest BCUT2D eigenvalue weighted by molar-refractivity contribution is -0.140. The standard InChI is InChI=1S/C35H39N3O5S/c1-26-16-18-28(19-17-26)24-37(27(2)34(40)36-35(3,4)5)33(39)25-38(44(41,42)32-14-10-7-11-15-32)29-20-22-31(23-21-29)43-30-12-8-6-9-13-30/h6-23,27H,24-25H2,1-5H3,(H,36,40)/t27-/m0/s1. The Morgan fingerprint density at radius 3 is 1.91 bits per heavy atom. The summed E-state index contributed by atoms with van der Waals surface area (Å²) >= 11 is 0. The van der Waals surface area contributed by atoms with Crippen molar-refractivity contribution in [2.24, 2.45) is 0 Å². The first-order valence-electron chi connectivity index (χ1n) is 14.4. The van der Waals surface area contributed by atoms with Gasteiger partial charge in [-0.25, -0.2) is 8.42 Å². The molecule has 0 unspecified atom stereocenters. The molecule has 0 aliphatic rings. The highest BCUT2D eigenvalue weighted by molar-refractivity contribution is 7.92. The SMILES string of the molecule is Cc1ccc(CN(C(=O)CN(c2ccc(Oc3ccccc3)cc2)S(=O)(=O)c2ccccc2)[C@@H](C)C(=O)NC(C)(C)C)cc1. The summed E-state index contributed by atoms with van der Waals surface area (Å²) in [5.74, 6) is 0.291. The van der Waals surface area contributed by atoms with Crippen molar-refractivity contribution in [3.05, 3.63) is 120 Å². The van der Waals surface area contributed by atoms with Crippen LogP contribution in [0.5, 0.6) is 11.5 Å². The fraction of sp³-hybridized carbons (Fsp3) is 0.257. The van der Waals surface area contributed by atoms with E-state index in [1.54, 1.807) is 49.4 Å². The summed E-state index contributed by atoms with van der Waals surface area (Å²) in [6.07, 6.45) is 0. The van der Waals surface area contributed by atoms with Gasteiger partial charge in [0.05, 0.1) is 10.6 Å². The van der Waals surface area contributed by atoms with Gasteiger partial charge >= 0.3 is 0 Å². The molecule has 1 N–H and O–H groups in total. The number of amides is 2. The van der Waals surface area contributed by atoms with Crippen molar-refractivity contribution in [3.8, 4) is 11.5 Å². The van der Waals surface area contributed by atoms with Gasteiger partial charge in [-0.2, -0.15) is 0 Å². The van der Waals surface area contributed by atoms with E-state index in [1.807, 2.05) is 82.3 Å². The van der Waals surface area contributed by atoms with Gasteiger partial charge in [0.25, 0.3) is 10.0 Å². The smallest absolute Gasteiger partial charge is 0.264 e. The summed E-state index contributed by atoms with van der Waals surface area (Å²) < 4.78 is 35.0. The van der Waals surface area contributed by atoms with Crippen molar-refractivity contribution in [2.75, 3.05) is 10.8 Å². The molecule has 0 saturated carbocycles. The molecule has 0 spiro atoms. The maximum absolute atomic E-state index is 14.1. The summed E-state index contributed by atoms with van der Waals surface area (Å²) in [5.41, 5.74) is 1.64. The second kappa shape index (κ2) is 13.8. The minimum atomic E-state index is -4.16. The molecule has 0 saturated heterocycles. The first kappa shape index (κ1) is 32.3. The Balaban J connectivity index is 1.69. The van der Waals surface area contributed by atoms with Crippen LogP contribution < -0.4 is 14.4 Å². The Labute approximate surface area is 260 Å². The maximum Gasteiger partial charge on any atom is 0.264 e. The van der Waals surface area contributed by atoms with Crippen molar-refractivity contribution in [1.29, 1.82) is 0 Å². The van der Waals surface area contributed by atoms with E-state index in [1.165, 1.54) is 17.0 Å². The highest BCUT2D eigenvalue weighted by Crippen LogP contribution is 2.28. The third-order valence-corrected chi connectivity index (χ3v) is 8.64. The molecule has 9 heteroatoms. The normalized spacial score (nSPS) is 12.2. The maximum atomic E-state index is 14.1. The van der Waals surface area contributed by atoms with Crippen molar-refractivity contribution in [3.63, 3.8) is 0 Å². The fourth-order valence-corrected chi connectivity index (χ4v) is 5.94. The third kappa shape index (κ3) is 8.48. The molecular weight excluding hydrogens is 574 g/mol. The van der Waals surface area contributed by atoms with E-state index in [0.717, 1.165) is 15.4 Å². The molecule has 4 aromatic carbocycles. The second-order valence-electron chi connectivity index (χ2n) is 11.7. The molecule has 0 aliphatic carbocycles. The Morgan fingerprint density at radius 1 is 0.795 bits per heavy atom. The monoisotopic (exact) mass is 613 g/mol. The van der Waals surface area contributed by atoms with E-state index in [-0.39, 0.29) is 23.0 Å². The van der Waals surface area contributed by atoms with Gasteiger partial charge in [-0.05, 0) is 88.7 Å². The van der Waals surface area contributed by atoms with E-state index >= 15 is 0 Å². The van der Waals surface area contributed by atoms with E-state index in [4.69, 9.17) is 4.74 Å². The number of carbonyl (C=O) groups is 2. The molecule has 0 aromatic heterocycles. The van der Waals surface area contributed by atoms with Gasteiger partial charge < -0.3 is 15.0 Å². The number of hydrogen-bond acceptors (Lipinski definition) is 5. The van der Waals surface area contributed by atoms with E-state index in [9.17, 15) is 18.0 Å². The van der Waals surface area contributed by atoms with Gasteiger partial charge in [0.15, 0.2) is 0 Å². The van der Waals surface area contributed by atoms with Gasteiger partial charge in [-0.1, -0.05) is 66.2 Å². The molecule has 0 fully saturated rings. The topological polar surface area (TPSA) is 96.0 Å². The lowest BCUT2D eigenvalue weighted by Crippen LogP contribution is -2.54. The summed E-state index contributed by atoms with van der Waals surface area (Å²) in [4.78, 5) is 28.8. The Bertz CT molecular complexity index is 1650. The first-order valence-corrected chi connectivity index (χ1v) is 15.9. The second-order valence-corrected chi connectivity index (χ2v) is 13.5. The zero-order valence-electron chi connectivity index (χ0n) is 25.7. The zero-order chi connectivity index (χ0) is 31.9. The number of nitrogens with one attached hydrogen (secondary N) is 1. The predicted octanol–water partition coefficient (Wildman–Crippen LogP) is 6.31. The van der Waals surface area contributed by atoms with Crippen LogP contribution in [0.4, 0.5) is 5.69 Å². The number of carbonyl (C=O) groups excluding carboxylic acids is 2. The Morgan fingerprint density at radius 2 is 1.34 bits per heavy atom. The van der Waals surface area contributed by atoms with Crippen LogP contribution in [0.25, 0.3) is 0 Å². The summed E-state index contributed by atoms with van der Waals surface area (Å²) in [6.45, 7) is 8.82. The highest BCUT2D eigenvalue weighted by Gasteiger charge is 2.33. The summed E-state index contributed by atoms with van der Waals surface area (Å²) in [5, 5.41) is 2.94. The number of hydrogen-bond donors (Lipinski definition) is 1. The molecule has 4 rings (SSSR count). The molecular formula is C35H39N3O5S. The van der Waals surface area contributed by atoms with Gasteiger partial charge in [0.1, 0.15) is 24.1 Å². The van der Waals surface area contributed by atoms with Crippen LogP contribution in [0.2, 0.25) is 0 Å². The zero-order valence-corrected chi connectivity index (χ0v) is 26.5. The minimum Gasteiger partial charge on any atom is -0.457 e. The summed E-state index contributed by atoms with van der Waals surface area (Å²) in [7, 11) is -4.16. The largest absolute Gasteiger partial charge is 0.457 e. The quantitative estimate of drug-likeness (QED) is 0.214. The van der Waals surface area contributed by atoms with Crippen LogP contribution in [0.1, 0.15) is 38.8 Å². The van der Waals surface area contributed by atoms with Crippen LogP contribution >= 0.6 is 0 Å². The van der Waals surface area contributed by atoms with Crippen molar-refractivity contribution in [2.45, 2.75) is 57.6 Å². The lowest BCUT2D eigenvalue weighted by atomic mass is 10.1. The predicted molar refractivity (Wildman–Crippen MR) is 173 cm³/mol. The average Bonchev–Trinajstić information content (AvgIpc) is 2.99. The molecule has 44 heavy (non-hydrogen) atoms. The number of sulfonamides is 1. The van der Waals surface area contributed by atoms with Crippen molar-refractivity contribution in [1.82, 2.24) is 10.2 Å². The minimum absolute atomic E-state index is 0.0426. The number of nitrogens with zero attached hydrogens (tertiary/aromatic N) is 2. The Hall–Kier alpha value is -4.63.